The van der Waals surface area contributed by atoms with E-state index >= 15 is 0 Å². The number of benzene rings is 2. The number of nitrogens with zero attached hydrogens (tertiary/aromatic N) is 1. The number of aromatic nitrogens is 1. The first kappa shape index (κ1) is 14.1. The highest BCUT2D eigenvalue weighted by Crippen LogP contribution is 2.39. The lowest BCUT2D eigenvalue weighted by molar-refractivity contribution is 0.439. The van der Waals surface area contributed by atoms with Gasteiger partial charge in [0.1, 0.15) is 11.5 Å². The van der Waals surface area contributed by atoms with Crippen molar-refractivity contribution < 1.29 is 8.91 Å². The lowest BCUT2D eigenvalue weighted by atomic mass is 9.99. The van der Waals surface area contributed by atoms with Crippen LogP contribution in [0.15, 0.2) is 47.0 Å². The smallest absolute Gasteiger partial charge is 0.230 e. The van der Waals surface area contributed by atoms with Crippen molar-refractivity contribution in [2.45, 2.75) is 6.92 Å². The summed E-state index contributed by atoms with van der Waals surface area (Å²) in [6.07, 6.45) is 0. The van der Waals surface area contributed by atoms with Gasteiger partial charge in [0.15, 0.2) is 0 Å². The van der Waals surface area contributed by atoms with Gasteiger partial charge >= 0.3 is 0 Å². The molecule has 0 atom stereocenters. The lowest BCUT2D eigenvalue weighted by Gasteiger charge is -2.07. The highest BCUT2D eigenvalue weighted by atomic mass is 127. The molecule has 0 aliphatic carbocycles. The number of nitrogen functional groups attached to an aromatic ring is 1. The predicted molar refractivity (Wildman–Crippen MR) is 89.2 cm³/mol. The number of rotatable bonds is 2. The number of anilines is 1. The van der Waals surface area contributed by atoms with Crippen molar-refractivity contribution >= 4 is 28.5 Å². The summed E-state index contributed by atoms with van der Waals surface area (Å²) in [6.45, 7) is 2.01. The summed E-state index contributed by atoms with van der Waals surface area (Å²) in [5, 5.41) is 4.03. The second kappa shape index (κ2) is 5.48. The van der Waals surface area contributed by atoms with Crippen LogP contribution in [0.1, 0.15) is 5.56 Å². The molecule has 0 saturated heterocycles. The first-order chi connectivity index (χ1) is 10.1. The Balaban J connectivity index is 2.28. The lowest BCUT2D eigenvalue weighted by Crippen LogP contribution is -1.93. The summed E-state index contributed by atoms with van der Waals surface area (Å²) >= 11 is 2.25. The fraction of sp³-hybridized carbons (Fsp3) is 0.0625. The van der Waals surface area contributed by atoms with Gasteiger partial charge in [0.2, 0.25) is 5.88 Å². The van der Waals surface area contributed by atoms with Crippen LogP contribution in [0.25, 0.3) is 22.4 Å². The highest BCUT2D eigenvalue weighted by Gasteiger charge is 2.21. The number of halogens is 2. The minimum Gasteiger partial charge on any atom is -0.367 e. The Morgan fingerprint density at radius 3 is 2.57 bits per heavy atom. The molecular weight excluding hydrogens is 382 g/mol. The molecular formula is C16H12FIN2O. The van der Waals surface area contributed by atoms with Crippen LogP contribution in [0.2, 0.25) is 0 Å². The fourth-order valence-corrected chi connectivity index (χ4v) is 2.86. The van der Waals surface area contributed by atoms with Gasteiger partial charge in [-0.15, -0.1) is 0 Å². The van der Waals surface area contributed by atoms with E-state index in [4.69, 9.17) is 10.3 Å². The van der Waals surface area contributed by atoms with Gasteiger partial charge in [0.25, 0.3) is 0 Å². The third-order valence-corrected chi connectivity index (χ3v) is 4.74. The zero-order valence-electron chi connectivity index (χ0n) is 11.2. The molecule has 5 heteroatoms. The Kier molecular flexibility index (Phi) is 3.67. The quantitative estimate of drug-likeness (QED) is 0.645. The van der Waals surface area contributed by atoms with Gasteiger partial charge in [-0.25, -0.2) is 4.39 Å². The maximum absolute atomic E-state index is 14.1. The molecule has 0 spiro atoms. The van der Waals surface area contributed by atoms with Crippen LogP contribution in [0, 0.1) is 16.3 Å². The zero-order valence-corrected chi connectivity index (χ0v) is 13.4. The van der Waals surface area contributed by atoms with E-state index in [1.165, 1.54) is 6.07 Å². The molecule has 1 heterocycles. The molecule has 3 rings (SSSR count). The fourth-order valence-electron chi connectivity index (χ4n) is 2.24. The van der Waals surface area contributed by atoms with Crippen LogP contribution < -0.4 is 5.73 Å². The van der Waals surface area contributed by atoms with Crippen LogP contribution in [-0.2, 0) is 0 Å². The second-order valence-electron chi connectivity index (χ2n) is 4.69. The van der Waals surface area contributed by atoms with Crippen molar-refractivity contribution in [3.63, 3.8) is 0 Å². The summed E-state index contributed by atoms with van der Waals surface area (Å²) in [6, 6.07) is 12.3. The standard InChI is InChI=1S/C16H12FIN2O/c1-9-5-4-7-11(14(9)18)15-13(16(19)21-20-15)10-6-2-3-8-12(10)17/h2-8H,19H2,1H3. The number of nitrogens with two attached hydrogens (primary N) is 1. The molecule has 0 fully saturated rings. The third-order valence-electron chi connectivity index (χ3n) is 3.31. The van der Waals surface area contributed by atoms with E-state index in [0.29, 0.717) is 16.8 Å². The molecule has 0 radical (unpaired) electrons. The van der Waals surface area contributed by atoms with Crippen molar-refractivity contribution in [2.75, 3.05) is 5.73 Å². The molecule has 2 N–H and O–H groups in total. The average Bonchev–Trinajstić information content (AvgIpc) is 2.84. The Labute approximate surface area is 135 Å². The Morgan fingerprint density at radius 2 is 1.81 bits per heavy atom. The van der Waals surface area contributed by atoms with Gasteiger partial charge in [0, 0.05) is 14.7 Å². The molecule has 1 aromatic heterocycles. The van der Waals surface area contributed by atoms with Gasteiger partial charge in [-0.05, 0) is 41.1 Å². The molecule has 21 heavy (non-hydrogen) atoms. The average molecular weight is 394 g/mol. The van der Waals surface area contributed by atoms with Crippen LogP contribution in [0.4, 0.5) is 10.3 Å². The minimum atomic E-state index is -0.351. The van der Waals surface area contributed by atoms with E-state index in [9.17, 15) is 4.39 Å². The molecule has 0 unspecified atom stereocenters. The summed E-state index contributed by atoms with van der Waals surface area (Å²) in [5.41, 5.74) is 9.32. The topological polar surface area (TPSA) is 52.0 Å². The van der Waals surface area contributed by atoms with Gasteiger partial charge in [-0.2, -0.15) is 0 Å². The van der Waals surface area contributed by atoms with E-state index in [0.717, 1.165) is 14.7 Å². The summed E-state index contributed by atoms with van der Waals surface area (Å²) in [4.78, 5) is 0. The third kappa shape index (κ3) is 2.42. The second-order valence-corrected chi connectivity index (χ2v) is 5.77. The van der Waals surface area contributed by atoms with Crippen molar-refractivity contribution in [2.24, 2.45) is 0 Å². The number of hydrogen-bond acceptors (Lipinski definition) is 3. The molecule has 106 valence electrons. The SMILES string of the molecule is Cc1cccc(-c2noc(N)c2-c2ccccc2F)c1I. The van der Waals surface area contributed by atoms with E-state index < -0.39 is 0 Å². The van der Waals surface area contributed by atoms with E-state index in [2.05, 4.69) is 27.7 Å². The van der Waals surface area contributed by atoms with Gasteiger partial charge in [-0.3, -0.25) is 0 Å². The minimum absolute atomic E-state index is 0.118. The molecule has 2 aromatic carbocycles. The molecule has 0 aliphatic heterocycles. The van der Waals surface area contributed by atoms with Crippen molar-refractivity contribution in [1.29, 1.82) is 0 Å². The maximum Gasteiger partial charge on any atom is 0.230 e. The van der Waals surface area contributed by atoms with Crippen LogP contribution in [0.3, 0.4) is 0 Å². The molecule has 0 aliphatic rings. The van der Waals surface area contributed by atoms with Crippen LogP contribution in [0.5, 0.6) is 0 Å². The molecule has 0 amide bonds. The zero-order chi connectivity index (χ0) is 15.0. The number of aryl methyl sites for hydroxylation is 1. The molecule has 3 aromatic rings. The Hall–Kier alpha value is -1.89. The Morgan fingerprint density at radius 1 is 1.10 bits per heavy atom. The van der Waals surface area contributed by atoms with Gasteiger partial charge in [0.05, 0.1) is 5.56 Å². The normalized spacial score (nSPS) is 10.8. The largest absolute Gasteiger partial charge is 0.367 e. The van der Waals surface area contributed by atoms with Gasteiger partial charge in [-0.1, -0.05) is 41.6 Å². The molecule has 0 saturated carbocycles. The van der Waals surface area contributed by atoms with E-state index in [1.807, 2.05) is 25.1 Å². The van der Waals surface area contributed by atoms with Crippen molar-refractivity contribution in [3.05, 3.63) is 57.4 Å². The molecule has 0 bridgehead atoms. The predicted octanol–water partition coefficient (Wildman–Crippen LogP) is 4.64. The van der Waals surface area contributed by atoms with Crippen LogP contribution >= 0.6 is 22.6 Å². The van der Waals surface area contributed by atoms with Crippen molar-refractivity contribution in [1.82, 2.24) is 5.16 Å². The van der Waals surface area contributed by atoms with Crippen molar-refractivity contribution in [3.8, 4) is 22.4 Å². The molecule has 3 nitrogen and oxygen atoms in total. The van der Waals surface area contributed by atoms with Crippen LogP contribution in [-0.4, -0.2) is 5.16 Å². The van der Waals surface area contributed by atoms with E-state index in [1.54, 1.807) is 18.2 Å². The Bertz CT molecular complexity index is 814. The van der Waals surface area contributed by atoms with Gasteiger partial charge < -0.3 is 10.3 Å². The monoisotopic (exact) mass is 394 g/mol. The highest BCUT2D eigenvalue weighted by molar-refractivity contribution is 14.1. The van der Waals surface area contributed by atoms with E-state index in [-0.39, 0.29) is 11.7 Å². The first-order valence-corrected chi connectivity index (χ1v) is 7.43. The first-order valence-electron chi connectivity index (χ1n) is 6.35. The summed E-state index contributed by atoms with van der Waals surface area (Å²) in [5.74, 6) is -0.233. The maximum atomic E-state index is 14.1. The summed E-state index contributed by atoms with van der Waals surface area (Å²) in [7, 11) is 0. The number of hydrogen-bond donors (Lipinski definition) is 1. The summed E-state index contributed by atoms with van der Waals surface area (Å²) < 4.78 is 20.2.